The number of ether oxygens (including phenoxy) is 2. The number of rotatable bonds is 12. The molecule has 7 heteroatoms. The fourth-order valence-corrected chi connectivity index (χ4v) is 3.49. The van der Waals surface area contributed by atoms with E-state index in [1.54, 1.807) is 18.4 Å². The average molecular weight is 419 g/mol. The van der Waals surface area contributed by atoms with Crippen LogP contribution in [-0.4, -0.2) is 50.8 Å². The highest BCUT2D eigenvalue weighted by molar-refractivity contribution is 7.09. The molecular formula is C22H34N4O2S. The van der Waals surface area contributed by atoms with Crippen LogP contribution in [0.3, 0.4) is 0 Å². The fourth-order valence-electron chi connectivity index (χ4n) is 2.85. The number of likely N-dealkylation sites (N-methyl/N-ethyl adjacent to an activating group) is 1. The molecule has 160 valence electrons. The van der Waals surface area contributed by atoms with Gasteiger partial charge in [-0.15, -0.1) is 11.3 Å². The van der Waals surface area contributed by atoms with Gasteiger partial charge < -0.3 is 25.0 Å². The van der Waals surface area contributed by atoms with Gasteiger partial charge >= 0.3 is 0 Å². The van der Waals surface area contributed by atoms with E-state index in [0.29, 0.717) is 13.2 Å². The van der Waals surface area contributed by atoms with Crippen molar-refractivity contribution in [2.24, 2.45) is 4.99 Å². The first kappa shape index (κ1) is 23.0. The molecule has 6 nitrogen and oxygen atoms in total. The zero-order valence-corrected chi connectivity index (χ0v) is 18.8. The van der Waals surface area contributed by atoms with Crippen molar-refractivity contribution in [1.29, 1.82) is 0 Å². The number of aliphatic imine (C=N–C) groups is 1. The monoisotopic (exact) mass is 418 g/mol. The molecule has 0 aliphatic carbocycles. The lowest BCUT2D eigenvalue weighted by Crippen LogP contribution is -2.36. The van der Waals surface area contributed by atoms with E-state index < -0.39 is 0 Å². The number of methoxy groups -OCH3 is 1. The van der Waals surface area contributed by atoms with E-state index in [0.717, 1.165) is 55.7 Å². The van der Waals surface area contributed by atoms with Crippen LogP contribution in [0.2, 0.25) is 0 Å². The highest BCUT2D eigenvalue weighted by Crippen LogP contribution is 2.28. The van der Waals surface area contributed by atoms with E-state index in [9.17, 15) is 0 Å². The molecule has 0 saturated carbocycles. The Morgan fingerprint density at radius 3 is 2.59 bits per heavy atom. The minimum absolute atomic E-state index is 0.565. The van der Waals surface area contributed by atoms with Gasteiger partial charge in [-0.05, 0) is 49.2 Å². The number of thiophene rings is 1. The normalized spacial score (nSPS) is 11.6. The summed E-state index contributed by atoms with van der Waals surface area (Å²) in [5.41, 5.74) is 1.08. The first-order valence-corrected chi connectivity index (χ1v) is 11.1. The lowest BCUT2D eigenvalue weighted by Gasteiger charge is -2.19. The molecule has 0 fully saturated rings. The van der Waals surface area contributed by atoms with Crippen LogP contribution in [-0.2, 0) is 13.1 Å². The van der Waals surface area contributed by atoms with Crippen molar-refractivity contribution in [2.45, 2.75) is 33.9 Å². The van der Waals surface area contributed by atoms with Gasteiger partial charge in [0.15, 0.2) is 17.5 Å². The molecule has 2 rings (SSSR count). The highest BCUT2D eigenvalue weighted by Gasteiger charge is 2.07. The second-order valence-electron chi connectivity index (χ2n) is 6.49. The Morgan fingerprint density at radius 2 is 1.93 bits per heavy atom. The van der Waals surface area contributed by atoms with Crippen molar-refractivity contribution in [3.8, 4) is 11.5 Å². The van der Waals surface area contributed by atoms with Gasteiger partial charge in [-0.3, -0.25) is 0 Å². The molecule has 2 N–H and O–H groups in total. The summed E-state index contributed by atoms with van der Waals surface area (Å²) in [6, 6.07) is 10.2. The zero-order valence-electron chi connectivity index (χ0n) is 18.0. The summed E-state index contributed by atoms with van der Waals surface area (Å²) in [4.78, 5) is 8.31. The second kappa shape index (κ2) is 13.1. The number of benzene rings is 1. The molecule has 0 aliphatic heterocycles. The molecular weight excluding hydrogens is 384 g/mol. The Labute approximate surface area is 178 Å². The lowest BCUT2D eigenvalue weighted by atomic mass is 10.2. The van der Waals surface area contributed by atoms with Crippen LogP contribution in [0, 0.1) is 0 Å². The topological polar surface area (TPSA) is 58.1 Å². The molecule has 0 amide bonds. The molecule has 0 atom stereocenters. The van der Waals surface area contributed by atoms with Crippen molar-refractivity contribution < 1.29 is 9.47 Å². The summed E-state index contributed by atoms with van der Waals surface area (Å²) in [6.07, 6.45) is 0. The van der Waals surface area contributed by atoms with Gasteiger partial charge in [0.05, 0.1) is 20.2 Å². The van der Waals surface area contributed by atoms with Crippen LogP contribution in [0.5, 0.6) is 11.5 Å². The number of hydrogen-bond donors (Lipinski definition) is 2. The van der Waals surface area contributed by atoms with Gasteiger partial charge in [0.2, 0.25) is 0 Å². The first-order chi connectivity index (χ1) is 14.2. The first-order valence-electron chi connectivity index (χ1n) is 10.3. The predicted molar refractivity (Wildman–Crippen MR) is 122 cm³/mol. The number of nitrogens with zero attached hydrogens (tertiary/aromatic N) is 2. The molecule has 1 aromatic carbocycles. The Kier molecular flexibility index (Phi) is 10.4. The fraction of sp³-hybridized carbons (Fsp3) is 0.500. The third-order valence-corrected chi connectivity index (χ3v) is 5.44. The van der Waals surface area contributed by atoms with Crippen LogP contribution in [0.1, 0.15) is 31.2 Å². The minimum Gasteiger partial charge on any atom is -0.493 e. The molecule has 0 saturated heterocycles. The Bertz CT molecular complexity index is 730. The van der Waals surface area contributed by atoms with Crippen LogP contribution < -0.4 is 20.1 Å². The van der Waals surface area contributed by atoms with E-state index >= 15 is 0 Å². The van der Waals surface area contributed by atoms with Crippen LogP contribution in [0.25, 0.3) is 0 Å². The lowest BCUT2D eigenvalue weighted by molar-refractivity contribution is 0.217. The Balaban J connectivity index is 1.95. The number of nitrogens with one attached hydrogen (secondary N) is 2. The standard InChI is InChI=1S/C22H34N4O2S/c1-5-23-22(25-17-19-9-8-14-29-19)24-16-18-10-11-20(21(15-18)27-4)28-13-12-26(6-2)7-3/h8-11,14-15H,5-7,12-13,16-17H2,1-4H3,(H2,23,24,25). The summed E-state index contributed by atoms with van der Waals surface area (Å²) in [5.74, 6) is 2.32. The van der Waals surface area contributed by atoms with Crippen molar-refractivity contribution in [3.63, 3.8) is 0 Å². The van der Waals surface area contributed by atoms with E-state index in [2.05, 4.69) is 53.8 Å². The predicted octanol–water partition coefficient (Wildman–Crippen LogP) is 3.73. The Hall–Kier alpha value is -2.25. The maximum absolute atomic E-state index is 5.94. The maximum Gasteiger partial charge on any atom is 0.191 e. The molecule has 1 heterocycles. The van der Waals surface area contributed by atoms with Gasteiger partial charge in [-0.1, -0.05) is 26.0 Å². The van der Waals surface area contributed by atoms with Crippen molar-refractivity contribution >= 4 is 17.3 Å². The van der Waals surface area contributed by atoms with Crippen LogP contribution in [0.4, 0.5) is 0 Å². The van der Waals surface area contributed by atoms with Gasteiger partial charge in [-0.2, -0.15) is 0 Å². The van der Waals surface area contributed by atoms with Crippen LogP contribution in [0.15, 0.2) is 40.7 Å². The molecule has 1 aromatic heterocycles. The quantitative estimate of drug-likeness (QED) is 0.406. The third kappa shape index (κ3) is 7.95. The summed E-state index contributed by atoms with van der Waals surface area (Å²) >= 11 is 1.74. The largest absolute Gasteiger partial charge is 0.493 e. The summed E-state index contributed by atoms with van der Waals surface area (Å²) in [7, 11) is 1.67. The molecule has 29 heavy (non-hydrogen) atoms. The number of guanidine groups is 1. The maximum atomic E-state index is 5.94. The molecule has 0 radical (unpaired) electrons. The van der Waals surface area contributed by atoms with Gasteiger partial charge in [0.1, 0.15) is 6.61 Å². The van der Waals surface area contributed by atoms with E-state index in [-0.39, 0.29) is 0 Å². The van der Waals surface area contributed by atoms with Gasteiger partial charge in [-0.25, -0.2) is 4.99 Å². The SMILES string of the molecule is CCNC(=NCc1ccc(OCCN(CC)CC)c(OC)c1)NCc1cccs1. The second-order valence-corrected chi connectivity index (χ2v) is 7.52. The van der Waals surface area contributed by atoms with Crippen molar-refractivity contribution in [3.05, 3.63) is 46.2 Å². The summed E-state index contributed by atoms with van der Waals surface area (Å²) < 4.78 is 11.5. The number of hydrogen-bond acceptors (Lipinski definition) is 5. The highest BCUT2D eigenvalue weighted by atomic mass is 32.1. The zero-order chi connectivity index (χ0) is 20.9. The van der Waals surface area contributed by atoms with Crippen molar-refractivity contribution in [1.82, 2.24) is 15.5 Å². The van der Waals surface area contributed by atoms with E-state index in [1.165, 1.54) is 4.88 Å². The summed E-state index contributed by atoms with van der Waals surface area (Å²) in [6.45, 7) is 12.2. The van der Waals surface area contributed by atoms with Crippen LogP contribution >= 0.6 is 11.3 Å². The molecule has 0 bridgehead atoms. The van der Waals surface area contributed by atoms with Gasteiger partial charge in [0, 0.05) is 18.0 Å². The van der Waals surface area contributed by atoms with Crippen molar-refractivity contribution in [2.75, 3.05) is 39.9 Å². The molecule has 0 aliphatic rings. The smallest absolute Gasteiger partial charge is 0.191 e. The Morgan fingerprint density at radius 1 is 1.10 bits per heavy atom. The van der Waals surface area contributed by atoms with Gasteiger partial charge in [0.25, 0.3) is 0 Å². The van der Waals surface area contributed by atoms with E-state index in [1.807, 2.05) is 18.2 Å². The minimum atomic E-state index is 0.565. The third-order valence-electron chi connectivity index (χ3n) is 4.56. The molecule has 2 aromatic rings. The van der Waals surface area contributed by atoms with E-state index in [4.69, 9.17) is 14.5 Å². The average Bonchev–Trinajstić information content (AvgIpc) is 3.27. The molecule has 0 spiro atoms. The summed E-state index contributed by atoms with van der Waals surface area (Å²) in [5, 5.41) is 8.74. The molecule has 0 unspecified atom stereocenters.